The first kappa shape index (κ1) is 10.2. The molecular formula is C8H14ClF2N. The highest BCUT2D eigenvalue weighted by Gasteiger charge is 2.47. The lowest BCUT2D eigenvalue weighted by molar-refractivity contribution is 0.0470. The predicted octanol–water partition coefficient (Wildman–Crippen LogP) is 2.21. The van der Waals surface area contributed by atoms with Crippen LogP contribution in [0.1, 0.15) is 25.7 Å². The second-order valence-electron chi connectivity index (χ2n) is 3.79. The van der Waals surface area contributed by atoms with Crippen molar-refractivity contribution < 1.29 is 8.78 Å². The predicted molar refractivity (Wildman–Crippen MR) is 45.9 cm³/mol. The van der Waals surface area contributed by atoms with E-state index in [9.17, 15) is 8.78 Å². The highest BCUT2D eigenvalue weighted by atomic mass is 35.5. The van der Waals surface area contributed by atoms with Gasteiger partial charge in [-0.05, 0) is 32.2 Å². The largest absolute Gasteiger partial charge is 0.311 e. The molecule has 0 aromatic rings. The Bertz CT molecular complexity index is 159. The van der Waals surface area contributed by atoms with E-state index < -0.39 is 6.43 Å². The van der Waals surface area contributed by atoms with Crippen molar-refractivity contribution >= 4 is 12.4 Å². The fourth-order valence-electron chi connectivity index (χ4n) is 1.95. The first-order chi connectivity index (χ1) is 5.22. The summed E-state index contributed by atoms with van der Waals surface area (Å²) in [5.41, 5.74) is 0.152. The van der Waals surface area contributed by atoms with E-state index in [0.717, 1.165) is 19.4 Å². The SMILES string of the molecule is Cl.FC(F)C1CCNC2(CC2)C1. The van der Waals surface area contributed by atoms with Gasteiger partial charge in [0.15, 0.2) is 0 Å². The quantitative estimate of drug-likeness (QED) is 0.680. The van der Waals surface area contributed by atoms with Gasteiger partial charge in [0.1, 0.15) is 0 Å². The van der Waals surface area contributed by atoms with Crippen LogP contribution in [-0.2, 0) is 0 Å². The first-order valence-corrected chi connectivity index (χ1v) is 4.25. The Balaban J connectivity index is 0.000000720. The molecule has 1 heterocycles. The third kappa shape index (κ3) is 1.88. The van der Waals surface area contributed by atoms with Gasteiger partial charge in [0.25, 0.3) is 0 Å². The van der Waals surface area contributed by atoms with E-state index in [1.165, 1.54) is 0 Å². The van der Waals surface area contributed by atoms with Crippen molar-refractivity contribution in [3.05, 3.63) is 0 Å². The van der Waals surface area contributed by atoms with Crippen LogP contribution >= 0.6 is 12.4 Å². The Morgan fingerprint density at radius 2 is 2.00 bits per heavy atom. The minimum atomic E-state index is -2.10. The Hall–Kier alpha value is 0.110. The molecule has 2 fully saturated rings. The number of hydrogen-bond donors (Lipinski definition) is 1. The van der Waals surface area contributed by atoms with Gasteiger partial charge in [-0.15, -0.1) is 12.4 Å². The van der Waals surface area contributed by atoms with Gasteiger partial charge in [0, 0.05) is 11.5 Å². The van der Waals surface area contributed by atoms with Crippen molar-refractivity contribution in [3.63, 3.8) is 0 Å². The van der Waals surface area contributed by atoms with Crippen LogP contribution in [0.25, 0.3) is 0 Å². The zero-order chi connectivity index (χ0) is 7.90. The lowest BCUT2D eigenvalue weighted by atomic mass is 9.91. The van der Waals surface area contributed by atoms with Crippen LogP contribution in [0.2, 0.25) is 0 Å². The molecule has 0 radical (unpaired) electrons. The molecule has 12 heavy (non-hydrogen) atoms. The molecule has 1 saturated heterocycles. The number of rotatable bonds is 1. The van der Waals surface area contributed by atoms with Gasteiger partial charge in [-0.2, -0.15) is 0 Å². The van der Waals surface area contributed by atoms with E-state index in [4.69, 9.17) is 0 Å². The molecule has 72 valence electrons. The third-order valence-corrected chi connectivity index (χ3v) is 2.88. The second-order valence-corrected chi connectivity index (χ2v) is 3.79. The Kier molecular flexibility index (Phi) is 2.94. The molecule has 2 aliphatic rings. The van der Waals surface area contributed by atoms with E-state index in [-0.39, 0.29) is 23.9 Å². The summed E-state index contributed by atoms with van der Waals surface area (Å²) >= 11 is 0. The fraction of sp³-hybridized carbons (Fsp3) is 1.00. The fourth-order valence-corrected chi connectivity index (χ4v) is 1.95. The highest BCUT2D eigenvalue weighted by Crippen LogP contribution is 2.45. The minimum Gasteiger partial charge on any atom is -0.311 e. The highest BCUT2D eigenvalue weighted by molar-refractivity contribution is 5.85. The smallest absolute Gasteiger partial charge is 0.241 e. The molecule has 1 aliphatic carbocycles. The maximum atomic E-state index is 12.3. The van der Waals surface area contributed by atoms with E-state index in [1.54, 1.807) is 0 Å². The molecule has 1 atom stereocenters. The summed E-state index contributed by atoms with van der Waals surface area (Å²) in [6.45, 7) is 0.787. The zero-order valence-corrected chi connectivity index (χ0v) is 7.67. The average molecular weight is 198 g/mol. The standard InChI is InChI=1S/C8H13F2N.ClH/c9-7(10)6-1-4-11-8(5-6)2-3-8;/h6-7,11H,1-5H2;1H. The van der Waals surface area contributed by atoms with Crippen LogP contribution in [0.15, 0.2) is 0 Å². The van der Waals surface area contributed by atoms with Crippen molar-refractivity contribution in [1.29, 1.82) is 0 Å². The van der Waals surface area contributed by atoms with Crippen molar-refractivity contribution in [3.8, 4) is 0 Å². The van der Waals surface area contributed by atoms with Gasteiger partial charge in [-0.25, -0.2) is 8.78 Å². The number of alkyl halides is 2. The summed E-state index contributed by atoms with van der Waals surface area (Å²) < 4.78 is 24.5. The maximum absolute atomic E-state index is 12.3. The molecule has 1 aliphatic heterocycles. The average Bonchev–Trinajstić information content (AvgIpc) is 2.69. The summed E-state index contributed by atoms with van der Waals surface area (Å²) in [7, 11) is 0. The summed E-state index contributed by atoms with van der Waals surface area (Å²) in [4.78, 5) is 0. The van der Waals surface area contributed by atoms with E-state index in [0.29, 0.717) is 12.8 Å². The van der Waals surface area contributed by atoms with Crippen LogP contribution in [0.3, 0.4) is 0 Å². The van der Waals surface area contributed by atoms with Crippen molar-refractivity contribution in [2.45, 2.75) is 37.6 Å². The van der Waals surface area contributed by atoms with Crippen LogP contribution in [0, 0.1) is 5.92 Å². The molecule has 1 nitrogen and oxygen atoms in total. The monoisotopic (exact) mass is 197 g/mol. The van der Waals surface area contributed by atoms with Crippen molar-refractivity contribution in [1.82, 2.24) is 5.32 Å². The third-order valence-electron chi connectivity index (χ3n) is 2.88. The maximum Gasteiger partial charge on any atom is 0.241 e. The molecule has 1 spiro atoms. The van der Waals surface area contributed by atoms with E-state index in [2.05, 4.69) is 5.32 Å². The molecule has 0 aromatic heterocycles. The van der Waals surface area contributed by atoms with Gasteiger partial charge in [0.2, 0.25) is 6.43 Å². The summed E-state index contributed by atoms with van der Waals surface area (Å²) in [6.07, 6.45) is 1.46. The molecule has 1 N–H and O–H groups in total. The number of halogens is 3. The first-order valence-electron chi connectivity index (χ1n) is 4.25. The normalized spacial score (nSPS) is 31.8. The minimum absolute atomic E-state index is 0. The van der Waals surface area contributed by atoms with Gasteiger partial charge in [-0.1, -0.05) is 0 Å². The molecule has 0 amide bonds. The number of nitrogens with one attached hydrogen (secondary N) is 1. The molecule has 1 saturated carbocycles. The van der Waals surface area contributed by atoms with E-state index in [1.807, 2.05) is 0 Å². The number of piperidine rings is 1. The second kappa shape index (κ2) is 3.46. The molecule has 4 heteroatoms. The number of hydrogen-bond acceptors (Lipinski definition) is 1. The molecular weight excluding hydrogens is 184 g/mol. The summed E-state index contributed by atoms with van der Waals surface area (Å²) in [6, 6.07) is 0. The van der Waals surface area contributed by atoms with Crippen LogP contribution in [-0.4, -0.2) is 18.5 Å². The van der Waals surface area contributed by atoms with Crippen molar-refractivity contribution in [2.75, 3.05) is 6.54 Å². The Morgan fingerprint density at radius 1 is 1.33 bits per heavy atom. The van der Waals surface area contributed by atoms with Crippen LogP contribution in [0.5, 0.6) is 0 Å². The van der Waals surface area contributed by atoms with Gasteiger partial charge >= 0.3 is 0 Å². The van der Waals surface area contributed by atoms with Crippen molar-refractivity contribution in [2.24, 2.45) is 5.92 Å². The molecule has 0 bridgehead atoms. The molecule has 2 rings (SSSR count). The van der Waals surface area contributed by atoms with Crippen LogP contribution < -0.4 is 5.32 Å². The molecule has 0 aromatic carbocycles. The Labute approximate surface area is 77.3 Å². The van der Waals surface area contributed by atoms with Crippen LogP contribution in [0.4, 0.5) is 8.78 Å². The topological polar surface area (TPSA) is 12.0 Å². The molecule has 1 unspecified atom stereocenters. The van der Waals surface area contributed by atoms with Gasteiger partial charge in [-0.3, -0.25) is 0 Å². The van der Waals surface area contributed by atoms with Gasteiger partial charge < -0.3 is 5.32 Å². The lowest BCUT2D eigenvalue weighted by Crippen LogP contribution is -2.41. The summed E-state index contributed by atoms with van der Waals surface area (Å²) in [5, 5.41) is 3.32. The summed E-state index contributed by atoms with van der Waals surface area (Å²) in [5.74, 6) is -0.334. The van der Waals surface area contributed by atoms with Gasteiger partial charge in [0.05, 0.1) is 0 Å². The zero-order valence-electron chi connectivity index (χ0n) is 6.85. The Morgan fingerprint density at radius 3 is 2.50 bits per heavy atom. The van der Waals surface area contributed by atoms with E-state index >= 15 is 0 Å². The lowest BCUT2D eigenvalue weighted by Gasteiger charge is -2.29.